The molecule has 0 unspecified atom stereocenters. The summed E-state index contributed by atoms with van der Waals surface area (Å²) in [6, 6.07) is 12.5. The Hall–Kier alpha value is -1.71. The molecule has 2 aromatic carbocycles. The van der Waals surface area contributed by atoms with E-state index in [1.165, 1.54) is 0 Å². The number of rotatable bonds is 5. The Bertz CT molecular complexity index is 624. The molecule has 0 saturated heterocycles. The minimum atomic E-state index is -0.200. The number of hydrogen-bond acceptors (Lipinski definition) is 2. The third kappa shape index (κ3) is 4.38. The van der Waals surface area contributed by atoms with Gasteiger partial charge in [0.15, 0.2) is 0 Å². The molecule has 2 aromatic rings. The molecule has 1 amide bonds. The summed E-state index contributed by atoms with van der Waals surface area (Å²) in [5.74, 6) is 0.617. The second-order valence-corrected chi connectivity index (χ2v) is 5.35. The average molecular weight is 324 g/mol. The molecular formula is C16H15Cl2NO2. The van der Waals surface area contributed by atoms with Gasteiger partial charge in [0, 0.05) is 22.2 Å². The van der Waals surface area contributed by atoms with Crippen LogP contribution in [0.25, 0.3) is 0 Å². The molecule has 0 bridgehead atoms. The maximum absolute atomic E-state index is 12.0. The van der Waals surface area contributed by atoms with E-state index in [1.54, 1.807) is 25.3 Å². The third-order valence-corrected chi connectivity index (χ3v) is 3.43. The largest absolute Gasteiger partial charge is 0.496 e. The number of benzene rings is 2. The number of carbonyl (C=O) groups excluding carboxylic acids is 1. The van der Waals surface area contributed by atoms with E-state index in [0.717, 1.165) is 11.3 Å². The van der Waals surface area contributed by atoms with E-state index >= 15 is 0 Å². The summed E-state index contributed by atoms with van der Waals surface area (Å²) in [6.45, 7) is 0.503. The van der Waals surface area contributed by atoms with Gasteiger partial charge in [-0.25, -0.2) is 0 Å². The highest BCUT2D eigenvalue weighted by Crippen LogP contribution is 2.19. The second kappa shape index (κ2) is 7.34. The minimum Gasteiger partial charge on any atom is -0.496 e. The molecule has 0 aliphatic carbocycles. The van der Waals surface area contributed by atoms with Crippen molar-refractivity contribution in [2.75, 3.05) is 13.7 Å². The van der Waals surface area contributed by atoms with Gasteiger partial charge in [-0.05, 0) is 36.2 Å². The van der Waals surface area contributed by atoms with Crippen LogP contribution in [-0.2, 0) is 6.42 Å². The van der Waals surface area contributed by atoms with Crippen LogP contribution in [0.15, 0.2) is 42.5 Å². The highest BCUT2D eigenvalue weighted by molar-refractivity contribution is 6.35. The molecule has 1 N–H and O–H groups in total. The topological polar surface area (TPSA) is 38.3 Å². The zero-order chi connectivity index (χ0) is 15.2. The fourth-order valence-corrected chi connectivity index (χ4v) is 2.53. The Morgan fingerprint density at radius 1 is 1.14 bits per heavy atom. The van der Waals surface area contributed by atoms with Crippen LogP contribution in [0.1, 0.15) is 15.9 Å². The first-order valence-corrected chi connectivity index (χ1v) is 7.22. The molecular weight excluding hydrogens is 309 g/mol. The predicted octanol–water partition coefficient (Wildman–Crippen LogP) is 3.97. The monoisotopic (exact) mass is 323 g/mol. The average Bonchev–Trinajstić information content (AvgIpc) is 2.46. The second-order valence-electron chi connectivity index (χ2n) is 4.48. The van der Waals surface area contributed by atoms with E-state index in [0.29, 0.717) is 28.6 Å². The molecule has 0 aromatic heterocycles. The van der Waals surface area contributed by atoms with Gasteiger partial charge in [-0.15, -0.1) is 0 Å². The number of nitrogens with one attached hydrogen (secondary N) is 1. The summed E-state index contributed by atoms with van der Waals surface area (Å²) >= 11 is 11.8. The van der Waals surface area contributed by atoms with Crippen LogP contribution in [0.2, 0.25) is 10.0 Å². The number of para-hydroxylation sites is 1. The van der Waals surface area contributed by atoms with Crippen LogP contribution >= 0.6 is 23.2 Å². The first kappa shape index (κ1) is 15.7. The quantitative estimate of drug-likeness (QED) is 0.904. The summed E-state index contributed by atoms with van der Waals surface area (Å²) in [5, 5.41) is 3.73. The minimum absolute atomic E-state index is 0.200. The molecule has 0 radical (unpaired) electrons. The zero-order valence-electron chi connectivity index (χ0n) is 11.5. The van der Waals surface area contributed by atoms with Gasteiger partial charge in [-0.3, -0.25) is 4.79 Å². The van der Waals surface area contributed by atoms with Gasteiger partial charge in [0.05, 0.1) is 7.11 Å². The number of hydrogen-bond donors (Lipinski definition) is 1. The van der Waals surface area contributed by atoms with Gasteiger partial charge >= 0.3 is 0 Å². The highest BCUT2D eigenvalue weighted by Gasteiger charge is 2.08. The highest BCUT2D eigenvalue weighted by atomic mass is 35.5. The zero-order valence-corrected chi connectivity index (χ0v) is 13.0. The van der Waals surface area contributed by atoms with Crippen LogP contribution in [0.4, 0.5) is 0 Å². The van der Waals surface area contributed by atoms with E-state index in [1.807, 2.05) is 24.3 Å². The number of amides is 1. The van der Waals surface area contributed by atoms with Crippen molar-refractivity contribution in [2.45, 2.75) is 6.42 Å². The number of methoxy groups -OCH3 is 1. The molecule has 0 aliphatic rings. The summed E-state index contributed by atoms with van der Waals surface area (Å²) in [4.78, 5) is 12.0. The molecule has 3 nitrogen and oxygen atoms in total. The van der Waals surface area contributed by atoms with Crippen LogP contribution in [-0.4, -0.2) is 19.6 Å². The van der Waals surface area contributed by atoms with Crippen LogP contribution in [0, 0.1) is 0 Å². The van der Waals surface area contributed by atoms with Crippen molar-refractivity contribution in [1.29, 1.82) is 0 Å². The normalized spacial score (nSPS) is 10.2. The van der Waals surface area contributed by atoms with E-state index in [2.05, 4.69) is 5.32 Å². The van der Waals surface area contributed by atoms with E-state index in [-0.39, 0.29) is 5.91 Å². The van der Waals surface area contributed by atoms with Crippen molar-refractivity contribution in [2.24, 2.45) is 0 Å². The van der Waals surface area contributed by atoms with Crippen molar-refractivity contribution in [3.63, 3.8) is 0 Å². The first-order chi connectivity index (χ1) is 10.1. The SMILES string of the molecule is COc1ccccc1CCNC(=O)c1cc(Cl)cc(Cl)c1. The number of halogens is 2. The Morgan fingerprint density at radius 3 is 2.48 bits per heavy atom. The Labute approximate surface area is 133 Å². The molecule has 110 valence electrons. The standard InChI is InChI=1S/C16H15Cl2NO2/c1-21-15-5-3-2-4-11(15)6-7-19-16(20)12-8-13(17)10-14(18)9-12/h2-5,8-10H,6-7H2,1H3,(H,19,20). The van der Waals surface area contributed by atoms with Crippen molar-refractivity contribution >= 4 is 29.1 Å². The fraction of sp³-hybridized carbons (Fsp3) is 0.188. The summed E-state index contributed by atoms with van der Waals surface area (Å²) in [7, 11) is 1.63. The molecule has 0 saturated carbocycles. The van der Waals surface area contributed by atoms with Gasteiger partial charge in [-0.1, -0.05) is 41.4 Å². The van der Waals surface area contributed by atoms with Gasteiger partial charge in [-0.2, -0.15) is 0 Å². The van der Waals surface area contributed by atoms with Crippen LogP contribution in [0.5, 0.6) is 5.75 Å². The molecule has 0 heterocycles. The summed E-state index contributed by atoms with van der Waals surface area (Å²) < 4.78 is 5.27. The van der Waals surface area contributed by atoms with E-state index in [9.17, 15) is 4.79 Å². The maximum Gasteiger partial charge on any atom is 0.251 e. The lowest BCUT2D eigenvalue weighted by Gasteiger charge is -2.09. The molecule has 21 heavy (non-hydrogen) atoms. The Kier molecular flexibility index (Phi) is 5.48. The maximum atomic E-state index is 12.0. The van der Waals surface area contributed by atoms with Crippen molar-refractivity contribution < 1.29 is 9.53 Å². The van der Waals surface area contributed by atoms with Gasteiger partial charge in [0.1, 0.15) is 5.75 Å². The van der Waals surface area contributed by atoms with Gasteiger partial charge < -0.3 is 10.1 Å². The lowest BCUT2D eigenvalue weighted by molar-refractivity contribution is 0.0954. The lowest BCUT2D eigenvalue weighted by atomic mass is 10.1. The molecule has 2 rings (SSSR count). The van der Waals surface area contributed by atoms with Gasteiger partial charge in [0.2, 0.25) is 0 Å². The Morgan fingerprint density at radius 2 is 1.81 bits per heavy atom. The van der Waals surface area contributed by atoms with Crippen LogP contribution in [0.3, 0.4) is 0 Å². The van der Waals surface area contributed by atoms with E-state index < -0.39 is 0 Å². The van der Waals surface area contributed by atoms with Crippen molar-refractivity contribution in [3.05, 3.63) is 63.6 Å². The van der Waals surface area contributed by atoms with E-state index in [4.69, 9.17) is 27.9 Å². The summed E-state index contributed by atoms with van der Waals surface area (Å²) in [6.07, 6.45) is 0.685. The molecule has 0 aliphatic heterocycles. The Balaban J connectivity index is 1.95. The fourth-order valence-electron chi connectivity index (χ4n) is 2.01. The summed E-state index contributed by atoms with van der Waals surface area (Å²) in [5.41, 5.74) is 1.50. The van der Waals surface area contributed by atoms with Crippen LogP contribution < -0.4 is 10.1 Å². The smallest absolute Gasteiger partial charge is 0.251 e. The predicted molar refractivity (Wildman–Crippen MR) is 85.5 cm³/mol. The molecule has 0 spiro atoms. The first-order valence-electron chi connectivity index (χ1n) is 6.46. The lowest BCUT2D eigenvalue weighted by Crippen LogP contribution is -2.25. The third-order valence-electron chi connectivity index (χ3n) is 3.00. The molecule has 0 fully saturated rings. The number of carbonyl (C=O) groups is 1. The van der Waals surface area contributed by atoms with Gasteiger partial charge in [0.25, 0.3) is 5.91 Å². The van der Waals surface area contributed by atoms with Crippen molar-refractivity contribution in [3.8, 4) is 5.75 Å². The molecule has 5 heteroatoms. The molecule has 0 atom stereocenters. The number of ether oxygens (including phenoxy) is 1. The van der Waals surface area contributed by atoms with Crippen molar-refractivity contribution in [1.82, 2.24) is 5.32 Å².